The van der Waals surface area contributed by atoms with Gasteiger partial charge in [-0.25, -0.2) is 44.3 Å². The Hall–Kier alpha value is -7.40. The van der Waals surface area contributed by atoms with Crippen LogP contribution in [0, 0.1) is 27.7 Å². The maximum absolute atomic E-state index is 14.2. The second-order valence-electron chi connectivity index (χ2n) is 18.0. The fourth-order valence-electron chi connectivity index (χ4n) is 8.36. The molecule has 4 aromatic heterocycles. The van der Waals surface area contributed by atoms with Crippen molar-refractivity contribution in [2.75, 3.05) is 54.9 Å². The molecule has 0 spiro atoms. The van der Waals surface area contributed by atoms with E-state index < -0.39 is 102 Å². The summed E-state index contributed by atoms with van der Waals surface area (Å²) in [6.45, 7) is 3.56. The summed E-state index contributed by atoms with van der Waals surface area (Å²) in [4.78, 5) is 60.7. The standard InChI is InChI=1S/2C27H27N3O11S2.2Na/c2*1-15-11-28-20(16(2)26(15)39-4)14-42(35)27-29-19-7-5-17(38-3)9-21(19)30(27)43(36,37)18-6-8-22(40-12-24(31)32)23(10-18)41-13-25(33)34;;/h2*5-11H,12-14H2,1-4H3,(H,31,32)(H,33,34);;/q;;2*+1/p-2. The number of pyridine rings is 2. The average molecular weight is 1310 g/mol. The van der Waals surface area contributed by atoms with E-state index in [1.165, 1.54) is 52.7 Å². The van der Waals surface area contributed by atoms with Crippen LogP contribution in [-0.4, -0.2) is 142 Å². The number of carbonyl (C=O) groups is 4. The van der Waals surface area contributed by atoms with Crippen molar-refractivity contribution in [2.45, 2.75) is 59.3 Å². The van der Waals surface area contributed by atoms with Crippen LogP contribution in [0.1, 0.15) is 33.6 Å². The van der Waals surface area contributed by atoms with E-state index in [0.29, 0.717) is 45.5 Å². The fraction of sp³-hybridized carbons (Fsp3) is 0.259. The zero-order valence-corrected chi connectivity index (χ0v) is 56.0. The van der Waals surface area contributed by atoms with Gasteiger partial charge in [-0.3, -0.25) is 18.4 Å². The van der Waals surface area contributed by atoms with Gasteiger partial charge in [0.25, 0.3) is 20.0 Å². The number of fused-ring (bicyclic) bond motifs is 2. The quantitative estimate of drug-likeness (QED) is 0.0495. The molecule has 0 saturated heterocycles. The van der Waals surface area contributed by atoms with E-state index in [9.17, 15) is 54.6 Å². The van der Waals surface area contributed by atoms with Gasteiger partial charge in [-0.15, -0.1) is 0 Å². The molecular formula is C54H52N6Na2O22S4. The number of aliphatic carboxylic acids is 4. The Morgan fingerprint density at radius 2 is 0.864 bits per heavy atom. The van der Waals surface area contributed by atoms with E-state index in [4.69, 9.17) is 48.1 Å². The summed E-state index contributed by atoms with van der Waals surface area (Å²) < 4.78 is 128. The number of carbonyl (C=O) groups excluding carboxylic acids is 2. The van der Waals surface area contributed by atoms with Crippen molar-refractivity contribution in [2.24, 2.45) is 0 Å². The Kier molecular flexibility index (Phi) is 24.9. The number of carboxylic acid groups (broad SMARTS) is 4. The van der Waals surface area contributed by atoms with Crippen molar-refractivity contribution < 1.29 is 162 Å². The summed E-state index contributed by atoms with van der Waals surface area (Å²) in [6.07, 6.45) is 3.12. The van der Waals surface area contributed by atoms with E-state index >= 15 is 0 Å². The Balaban J connectivity index is 0.000000313. The molecule has 2 N–H and O–H groups in total. The van der Waals surface area contributed by atoms with Crippen LogP contribution in [0.25, 0.3) is 22.1 Å². The Morgan fingerprint density at radius 1 is 0.511 bits per heavy atom. The van der Waals surface area contributed by atoms with E-state index in [1.54, 1.807) is 38.4 Å². The molecule has 0 saturated carbocycles. The largest absolute Gasteiger partial charge is 1.00 e. The molecule has 0 amide bonds. The van der Waals surface area contributed by atoms with Gasteiger partial charge in [0.1, 0.15) is 36.2 Å². The number of nitrogens with zero attached hydrogens (tertiary/aromatic N) is 6. The SMILES string of the molecule is COc1ccc2nc(S(=O)Cc3ncc(C)c(OC)c3C)n(S(=O)(=O)c3ccc(OCC(=O)[O-])c(OCC(=O)O)c3)c2c1.COc1ccc2nc(S(=O)Cc3ncc(C)c(OC)c3C)n(S(=O)(=O)c3ccc(OCC(=O)[O-])c(OCC(=O)O)c3)c2c1.[Na+].[Na+]. The molecule has 0 radical (unpaired) electrons. The van der Waals surface area contributed by atoms with Crippen LogP contribution in [0.2, 0.25) is 0 Å². The van der Waals surface area contributed by atoms with Gasteiger partial charge in [-0.1, -0.05) is 0 Å². The number of aromatic nitrogens is 6. The van der Waals surface area contributed by atoms with Gasteiger partial charge in [0.15, 0.2) is 36.2 Å². The topological polar surface area (TPSA) is 393 Å². The van der Waals surface area contributed by atoms with Crippen molar-refractivity contribution >= 4 is 87.6 Å². The number of aryl methyl sites for hydroxylation is 2. The van der Waals surface area contributed by atoms with Crippen LogP contribution in [0.5, 0.6) is 46.0 Å². The summed E-state index contributed by atoms with van der Waals surface area (Å²) in [6, 6.07) is 15.3. The average Bonchev–Trinajstić information content (AvgIpc) is 2.33. The normalized spacial score (nSPS) is 11.8. The predicted molar refractivity (Wildman–Crippen MR) is 299 cm³/mol. The molecule has 88 heavy (non-hydrogen) atoms. The number of methoxy groups -OCH3 is 4. The first-order valence-electron chi connectivity index (χ1n) is 24.8. The number of hydrogen-bond acceptors (Lipinski definition) is 24. The van der Waals surface area contributed by atoms with Crippen LogP contribution < -0.4 is 107 Å². The molecule has 8 rings (SSSR count). The van der Waals surface area contributed by atoms with Crippen molar-refractivity contribution in [3.05, 3.63) is 119 Å². The summed E-state index contributed by atoms with van der Waals surface area (Å²) in [5.41, 5.74) is 4.14. The molecule has 34 heteroatoms. The Bertz CT molecular complexity index is 3990. The van der Waals surface area contributed by atoms with Gasteiger partial charge < -0.3 is 67.9 Å². The summed E-state index contributed by atoms with van der Waals surface area (Å²) in [7, 11) is -7.53. The molecule has 0 fully saturated rings. The third kappa shape index (κ3) is 16.3. The fourth-order valence-corrected chi connectivity index (χ4v) is 14.5. The molecule has 0 aliphatic carbocycles. The maximum Gasteiger partial charge on any atom is 1.00 e. The Labute approximate surface area is 551 Å². The molecule has 2 unspecified atom stereocenters. The summed E-state index contributed by atoms with van der Waals surface area (Å²) in [5.74, 6) is -5.74. The van der Waals surface area contributed by atoms with Crippen LogP contribution in [0.3, 0.4) is 0 Å². The third-order valence-electron chi connectivity index (χ3n) is 12.3. The van der Waals surface area contributed by atoms with Gasteiger partial charge in [0.2, 0.25) is 10.3 Å². The van der Waals surface area contributed by atoms with Gasteiger partial charge >= 0.3 is 71.1 Å². The van der Waals surface area contributed by atoms with Crippen LogP contribution >= 0.6 is 0 Å². The van der Waals surface area contributed by atoms with Crippen LogP contribution in [0.15, 0.2) is 105 Å². The zero-order chi connectivity index (χ0) is 62.9. The predicted octanol–water partition coefficient (Wildman–Crippen LogP) is -3.59. The minimum atomic E-state index is -4.61. The van der Waals surface area contributed by atoms with Gasteiger partial charge in [0, 0.05) is 58.9 Å². The molecular weight excluding hydrogens is 1260 g/mol. The second-order valence-corrected chi connectivity index (χ2v) is 24.3. The molecule has 28 nitrogen and oxygen atoms in total. The van der Waals surface area contributed by atoms with Crippen molar-refractivity contribution in [1.82, 2.24) is 27.9 Å². The molecule has 2 atom stereocenters. The molecule has 8 aromatic rings. The Morgan fingerprint density at radius 3 is 1.18 bits per heavy atom. The minimum absolute atomic E-state index is 0. The molecule has 4 aromatic carbocycles. The van der Waals surface area contributed by atoms with Crippen molar-refractivity contribution in [1.29, 1.82) is 0 Å². The smallest absolute Gasteiger partial charge is 0.546 e. The first-order chi connectivity index (χ1) is 40.7. The molecule has 0 bridgehead atoms. The molecule has 0 aliphatic rings. The van der Waals surface area contributed by atoms with E-state index in [1.807, 2.05) is 13.8 Å². The number of imidazole rings is 2. The van der Waals surface area contributed by atoms with Crippen molar-refractivity contribution in [3.8, 4) is 46.0 Å². The van der Waals surface area contributed by atoms with Crippen LogP contribution in [0.4, 0.5) is 0 Å². The summed E-state index contributed by atoms with van der Waals surface area (Å²) in [5, 5.41) is 39.3. The minimum Gasteiger partial charge on any atom is -0.546 e. The van der Waals surface area contributed by atoms with Crippen molar-refractivity contribution in [3.63, 3.8) is 0 Å². The number of carboxylic acids is 4. The zero-order valence-electron chi connectivity index (χ0n) is 48.7. The van der Waals surface area contributed by atoms with E-state index in [2.05, 4.69) is 19.9 Å². The third-order valence-corrected chi connectivity index (χ3v) is 18.4. The van der Waals surface area contributed by atoms with Gasteiger partial charge in [-0.05, 0) is 76.2 Å². The first-order valence-corrected chi connectivity index (χ1v) is 30.3. The maximum atomic E-state index is 14.2. The second kappa shape index (κ2) is 30.7. The summed E-state index contributed by atoms with van der Waals surface area (Å²) >= 11 is 0. The number of rotatable bonds is 26. The number of hydrogen-bond donors (Lipinski definition) is 2. The van der Waals surface area contributed by atoms with Crippen LogP contribution in [-0.2, 0) is 72.3 Å². The van der Waals surface area contributed by atoms with E-state index in [-0.39, 0.29) is 126 Å². The van der Waals surface area contributed by atoms with Gasteiger partial charge in [-0.2, -0.15) is 0 Å². The molecule has 0 aliphatic heterocycles. The molecule has 456 valence electrons. The van der Waals surface area contributed by atoms with E-state index in [0.717, 1.165) is 55.5 Å². The van der Waals surface area contributed by atoms with Gasteiger partial charge in [0.05, 0.1) is 117 Å². The monoisotopic (exact) mass is 1310 g/mol. The number of benzene rings is 4. The molecule has 4 heterocycles. The first kappa shape index (κ1) is 71.4. The number of ether oxygens (including phenoxy) is 8.